The first-order chi connectivity index (χ1) is 8.13. The standard InChI is InChI=1S/C12H25N3O2/c1-11(4-9-17-3)13-10-12(16)15-7-5-14(2)6-8-15/h11,13H,4-10H2,1-3H3. The van der Waals surface area contributed by atoms with Crippen molar-refractivity contribution in [2.45, 2.75) is 19.4 Å². The van der Waals surface area contributed by atoms with Gasteiger partial charge in [0.05, 0.1) is 6.54 Å². The first-order valence-electron chi connectivity index (χ1n) is 6.32. The van der Waals surface area contributed by atoms with Gasteiger partial charge in [0, 0.05) is 45.9 Å². The van der Waals surface area contributed by atoms with Gasteiger partial charge < -0.3 is 19.9 Å². The Morgan fingerprint density at radius 3 is 2.59 bits per heavy atom. The summed E-state index contributed by atoms with van der Waals surface area (Å²) in [7, 11) is 3.79. The molecule has 1 fully saturated rings. The topological polar surface area (TPSA) is 44.8 Å². The average Bonchev–Trinajstić information content (AvgIpc) is 2.34. The molecule has 1 atom stereocenters. The summed E-state index contributed by atoms with van der Waals surface area (Å²) in [5.74, 6) is 0.211. The molecule has 1 N–H and O–H groups in total. The van der Waals surface area contributed by atoms with Crippen molar-refractivity contribution in [3.05, 3.63) is 0 Å². The highest BCUT2D eigenvalue weighted by molar-refractivity contribution is 5.78. The van der Waals surface area contributed by atoms with Gasteiger partial charge in [0.25, 0.3) is 0 Å². The molecule has 0 aliphatic carbocycles. The zero-order chi connectivity index (χ0) is 12.7. The number of amides is 1. The predicted octanol–water partition coefficient (Wildman–Crippen LogP) is -0.225. The number of carbonyl (C=O) groups is 1. The Morgan fingerprint density at radius 1 is 1.35 bits per heavy atom. The van der Waals surface area contributed by atoms with Gasteiger partial charge in [-0.25, -0.2) is 0 Å². The number of rotatable bonds is 6. The molecule has 1 aliphatic rings. The van der Waals surface area contributed by atoms with Crippen LogP contribution in [0.15, 0.2) is 0 Å². The molecule has 0 aromatic carbocycles. The van der Waals surface area contributed by atoms with Gasteiger partial charge in [0.15, 0.2) is 0 Å². The molecular weight excluding hydrogens is 218 g/mol. The fourth-order valence-electron chi connectivity index (χ4n) is 1.83. The molecule has 17 heavy (non-hydrogen) atoms. The third-order valence-corrected chi connectivity index (χ3v) is 3.21. The first kappa shape index (κ1) is 14.4. The summed E-state index contributed by atoms with van der Waals surface area (Å²) in [4.78, 5) is 16.1. The highest BCUT2D eigenvalue weighted by Crippen LogP contribution is 1.99. The van der Waals surface area contributed by atoms with Gasteiger partial charge >= 0.3 is 0 Å². The fourth-order valence-corrected chi connectivity index (χ4v) is 1.83. The van der Waals surface area contributed by atoms with E-state index >= 15 is 0 Å². The number of piperazine rings is 1. The van der Waals surface area contributed by atoms with E-state index in [1.165, 1.54) is 0 Å². The second-order valence-corrected chi connectivity index (χ2v) is 4.75. The second kappa shape index (κ2) is 7.63. The monoisotopic (exact) mass is 243 g/mol. The first-order valence-corrected chi connectivity index (χ1v) is 6.32. The molecule has 1 rings (SSSR count). The zero-order valence-corrected chi connectivity index (χ0v) is 11.2. The number of ether oxygens (including phenoxy) is 1. The third kappa shape index (κ3) is 5.48. The predicted molar refractivity (Wildman–Crippen MR) is 68.0 cm³/mol. The molecule has 5 heteroatoms. The summed E-state index contributed by atoms with van der Waals surface area (Å²) >= 11 is 0. The maximum Gasteiger partial charge on any atom is 0.236 e. The van der Waals surface area contributed by atoms with E-state index in [2.05, 4.69) is 24.2 Å². The normalized spacial score (nSPS) is 19.4. The Hall–Kier alpha value is -0.650. The molecule has 1 saturated heterocycles. The number of carbonyl (C=O) groups excluding carboxylic acids is 1. The van der Waals surface area contributed by atoms with Crippen LogP contribution in [0.5, 0.6) is 0 Å². The van der Waals surface area contributed by atoms with E-state index in [-0.39, 0.29) is 5.91 Å². The lowest BCUT2D eigenvalue weighted by molar-refractivity contribution is -0.131. The van der Waals surface area contributed by atoms with E-state index in [9.17, 15) is 4.79 Å². The lowest BCUT2D eigenvalue weighted by Crippen LogP contribution is -2.50. The van der Waals surface area contributed by atoms with E-state index in [1.807, 2.05) is 4.90 Å². The summed E-state index contributed by atoms with van der Waals surface area (Å²) in [6, 6.07) is 0.325. The smallest absolute Gasteiger partial charge is 0.236 e. The van der Waals surface area contributed by atoms with Crippen LogP contribution < -0.4 is 5.32 Å². The molecule has 0 spiro atoms. The summed E-state index contributed by atoms with van der Waals surface area (Å²) in [5.41, 5.74) is 0. The van der Waals surface area contributed by atoms with Gasteiger partial charge in [-0.1, -0.05) is 0 Å². The number of nitrogens with one attached hydrogen (secondary N) is 1. The van der Waals surface area contributed by atoms with Gasteiger partial charge in [-0.05, 0) is 20.4 Å². The van der Waals surface area contributed by atoms with Gasteiger partial charge in [0.1, 0.15) is 0 Å². The van der Waals surface area contributed by atoms with Crippen molar-refractivity contribution in [2.24, 2.45) is 0 Å². The maximum atomic E-state index is 11.9. The van der Waals surface area contributed by atoms with Crippen LogP contribution in [0.25, 0.3) is 0 Å². The van der Waals surface area contributed by atoms with Crippen molar-refractivity contribution in [3.8, 4) is 0 Å². The Bertz CT molecular complexity index is 228. The van der Waals surface area contributed by atoms with Crippen LogP contribution in [0.4, 0.5) is 0 Å². The summed E-state index contributed by atoms with van der Waals surface area (Å²) in [5, 5.41) is 3.24. The van der Waals surface area contributed by atoms with Crippen LogP contribution in [0.2, 0.25) is 0 Å². The van der Waals surface area contributed by atoms with E-state index in [0.717, 1.165) is 39.2 Å². The van der Waals surface area contributed by atoms with Gasteiger partial charge in [-0.2, -0.15) is 0 Å². The molecule has 100 valence electrons. The van der Waals surface area contributed by atoms with E-state index in [0.29, 0.717) is 12.6 Å². The largest absolute Gasteiger partial charge is 0.385 e. The molecule has 5 nitrogen and oxygen atoms in total. The molecule has 0 aromatic rings. The number of nitrogens with zero attached hydrogens (tertiary/aromatic N) is 2. The second-order valence-electron chi connectivity index (χ2n) is 4.75. The highest BCUT2D eigenvalue weighted by Gasteiger charge is 2.18. The molecule has 0 bridgehead atoms. The van der Waals surface area contributed by atoms with Crippen molar-refractivity contribution < 1.29 is 9.53 Å². The minimum atomic E-state index is 0.211. The quantitative estimate of drug-likeness (QED) is 0.700. The average molecular weight is 243 g/mol. The van der Waals surface area contributed by atoms with Crippen molar-refractivity contribution >= 4 is 5.91 Å². The van der Waals surface area contributed by atoms with Gasteiger partial charge in [0.2, 0.25) is 5.91 Å². The molecule has 0 aromatic heterocycles. The molecule has 0 radical (unpaired) electrons. The third-order valence-electron chi connectivity index (χ3n) is 3.21. The fraction of sp³-hybridized carbons (Fsp3) is 0.917. The Labute approximate surface area is 104 Å². The molecule has 1 amide bonds. The lowest BCUT2D eigenvalue weighted by atomic mass is 10.2. The van der Waals surface area contributed by atoms with Crippen LogP contribution in [0.3, 0.4) is 0 Å². The summed E-state index contributed by atoms with van der Waals surface area (Å²) < 4.78 is 5.01. The lowest BCUT2D eigenvalue weighted by Gasteiger charge is -2.32. The molecular formula is C12H25N3O2. The highest BCUT2D eigenvalue weighted by atomic mass is 16.5. The molecule has 1 heterocycles. The van der Waals surface area contributed by atoms with Crippen molar-refractivity contribution in [2.75, 3.05) is 53.5 Å². The number of likely N-dealkylation sites (N-methyl/N-ethyl adjacent to an activating group) is 1. The summed E-state index contributed by atoms with van der Waals surface area (Å²) in [6.07, 6.45) is 0.937. The Morgan fingerprint density at radius 2 is 2.00 bits per heavy atom. The maximum absolute atomic E-state index is 11.9. The van der Waals surface area contributed by atoms with E-state index in [4.69, 9.17) is 4.74 Å². The van der Waals surface area contributed by atoms with Gasteiger partial charge in [-0.15, -0.1) is 0 Å². The number of methoxy groups -OCH3 is 1. The minimum Gasteiger partial charge on any atom is -0.385 e. The Balaban J connectivity index is 2.16. The minimum absolute atomic E-state index is 0.211. The Kier molecular flexibility index (Phi) is 6.47. The molecule has 0 saturated carbocycles. The summed E-state index contributed by atoms with van der Waals surface area (Å²) in [6.45, 7) is 6.91. The number of hydrogen-bond acceptors (Lipinski definition) is 4. The van der Waals surface area contributed by atoms with Crippen molar-refractivity contribution in [1.82, 2.24) is 15.1 Å². The van der Waals surface area contributed by atoms with Crippen LogP contribution in [0, 0.1) is 0 Å². The number of hydrogen-bond donors (Lipinski definition) is 1. The van der Waals surface area contributed by atoms with Crippen LogP contribution in [-0.4, -0.2) is 75.2 Å². The van der Waals surface area contributed by atoms with Crippen LogP contribution in [-0.2, 0) is 9.53 Å². The van der Waals surface area contributed by atoms with Crippen molar-refractivity contribution in [3.63, 3.8) is 0 Å². The zero-order valence-electron chi connectivity index (χ0n) is 11.2. The van der Waals surface area contributed by atoms with Gasteiger partial charge in [-0.3, -0.25) is 4.79 Å². The molecule has 1 unspecified atom stereocenters. The van der Waals surface area contributed by atoms with E-state index in [1.54, 1.807) is 7.11 Å². The SMILES string of the molecule is COCCC(C)NCC(=O)N1CCN(C)CC1. The molecule has 1 aliphatic heterocycles. The van der Waals surface area contributed by atoms with Crippen LogP contribution in [0.1, 0.15) is 13.3 Å². The van der Waals surface area contributed by atoms with E-state index < -0.39 is 0 Å². The van der Waals surface area contributed by atoms with Crippen LogP contribution >= 0.6 is 0 Å². The van der Waals surface area contributed by atoms with Crippen molar-refractivity contribution in [1.29, 1.82) is 0 Å².